The van der Waals surface area contributed by atoms with Crippen molar-refractivity contribution in [1.29, 1.82) is 0 Å². The van der Waals surface area contributed by atoms with E-state index < -0.39 is 4.92 Å². The number of para-hydroxylation sites is 1. The van der Waals surface area contributed by atoms with Crippen molar-refractivity contribution in [1.82, 2.24) is 9.99 Å². The molecule has 1 aromatic heterocycles. The van der Waals surface area contributed by atoms with Crippen molar-refractivity contribution in [2.45, 2.75) is 6.42 Å². The van der Waals surface area contributed by atoms with Crippen LogP contribution in [-0.2, 0) is 18.3 Å². The molecule has 0 aliphatic heterocycles. The topological polar surface area (TPSA) is 89.5 Å². The second kappa shape index (κ2) is 6.96. The summed E-state index contributed by atoms with van der Waals surface area (Å²) in [5.74, 6) is -0.287. The number of aryl methyl sites for hydroxylation is 1. The molecular formula is C18H16N4O3. The highest BCUT2D eigenvalue weighted by atomic mass is 16.6. The summed E-state index contributed by atoms with van der Waals surface area (Å²) in [6.45, 7) is 0. The second-order valence-electron chi connectivity index (χ2n) is 5.61. The number of benzene rings is 2. The molecule has 25 heavy (non-hydrogen) atoms. The van der Waals surface area contributed by atoms with Crippen molar-refractivity contribution in [2.24, 2.45) is 12.1 Å². The molecule has 3 aromatic rings. The number of carbonyl (C=O) groups excluding carboxylic acids is 1. The molecule has 0 fully saturated rings. The van der Waals surface area contributed by atoms with Crippen LogP contribution in [0.4, 0.5) is 5.69 Å². The summed E-state index contributed by atoms with van der Waals surface area (Å²) < 4.78 is 2.00. The summed E-state index contributed by atoms with van der Waals surface area (Å²) in [4.78, 5) is 22.1. The Morgan fingerprint density at radius 3 is 2.68 bits per heavy atom. The van der Waals surface area contributed by atoms with E-state index in [4.69, 9.17) is 0 Å². The fourth-order valence-corrected chi connectivity index (χ4v) is 2.61. The zero-order valence-corrected chi connectivity index (χ0v) is 13.5. The summed E-state index contributed by atoms with van der Waals surface area (Å²) in [7, 11) is 1.95. The number of amides is 1. The van der Waals surface area contributed by atoms with Crippen molar-refractivity contribution in [3.05, 3.63) is 76.0 Å². The third kappa shape index (κ3) is 3.72. The van der Waals surface area contributed by atoms with Crippen LogP contribution in [0.25, 0.3) is 10.9 Å². The van der Waals surface area contributed by atoms with Crippen LogP contribution in [0.3, 0.4) is 0 Å². The first-order chi connectivity index (χ1) is 12.0. The molecule has 0 saturated heterocycles. The van der Waals surface area contributed by atoms with Gasteiger partial charge in [-0.05, 0) is 11.6 Å². The van der Waals surface area contributed by atoms with Crippen molar-refractivity contribution >= 4 is 28.7 Å². The number of hydrogen-bond acceptors (Lipinski definition) is 4. The lowest BCUT2D eigenvalue weighted by atomic mass is 10.1. The smallest absolute Gasteiger partial charge is 0.269 e. The average Bonchev–Trinajstić information content (AvgIpc) is 2.92. The molecule has 0 spiro atoms. The molecule has 0 saturated carbocycles. The number of hydrogen-bond donors (Lipinski definition) is 1. The predicted octanol–water partition coefficient (Wildman–Crippen LogP) is 2.78. The van der Waals surface area contributed by atoms with Gasteiger partial charge in [0.25, 0.3) is 5.69 Å². The van der Waals surface area contributed by atoms with E-state index in [2.05, 4.69) is 10.5 Å². The van der Waals surface area contributed by atoms with Gasteiger partial charge >= 0.3 is 0 Å². The van der Waals surface area contributed by atoms with Gasteiger partial charge in [-0.1, -0.05) is 30.3 Å². The van der Waals surface area contributed by atoms with Gasteiger partial charge < -0.3 is 4.57 Å². The van der Waals surface area contributed by atoms with E-state index in [1.54, 1.807) is 18.3 Å². The Balaban J connectivity index is 1.63. The second-order valence-corrected chi connectivity index (χ2v) is 5.61. The summed E-state index contributed by atoms with van der Waals surface area (Å²) in [5.41, 5.74) is 5.16. The highest BCUT2D eigenvalue weighted by Gasteiger charge is 2.07. The summed E-state index contributed by atoms with van der Waals surface area (Å²) >= 11 is 0. The normalized spacial score (nSPS) is 11.1. The van der Waals surface area contributed by atoms with Crippen LogP contribution in [0, 0.1) is 10.1 Å². The Labute approximate surface area is 143 Å². The first-order valence-electron chi connectivity index (χ1n) is 7.64. The van der Waals surface area contributed by atoms with Crippen LogP contribution < -0.4 is 5.43 Å². The Morgan fingerprint density at radius 2 is 1.96 bits per heavy atom. The Kier molecular flexibility index (Phi) is 4.56. The van der Waals surface area contributed by atoms with Crippen LogP contribution in [-0.4, -0.2) is 21.6 Å². The third-order valence-corrected chi connectivity index (χ3v) is 3.83. The fourth-order valence-electron chi connectivity index (χ4n) is 2.61. The minimum atomic E-state index is -0.474. The summed E-state index contributed by atoms with van der Waals surface area (Å²) in [6.07, 6.45) is 3.65. The maximum atomic E-state index is 11.9. The molecule has 1 amide bonds. The van der Waals surface area contributed by atoms with Crippen LogP contribution in [0.1, 0.15) is 11.1 Å². The van der Waals surface area contributed by atoms with Gasteiger partial charge in [-0.15, -0.1) is 0 Å². The fraction of sp³-hybridized carbons (Fsp3) is 0.111. The maximum Gasteiger partial charge on any atom is 0.269 e. The van der Waals surface area contributed by atoms with Crippen molar-refractivity contribution in [3.8, 4) is 0 Å². The van der Waals surface area contributed by atoms with E-state index in [1.165, 1.54) is 12.1 Å². The molecule has 126 valence electrons. The molecule has 7 heteroatoms. The van der Waals surface area contributed by atoms with Crippen LogP contribution in [0.2, 0.25) is 0 Å². The van der Waals surface area contributed by atoms with E-state index in [0.717, 1.165) is 16.5 Å². The molecule has 7 nitrogen and oxygen atoms in total. The van der Waals surface area contributed by atoms with E-state index >= 15 is 0 Å². The van der Waals surface area contributed by atoms with Crippen molar-refractivity contribution in [3.63, 3.8) is 0 Å². The maximum absolute atomic E-state index is 11.9. The highest BCUT2D eigenvalue weighted by molar-refractivity contribution is 5.99. The van der Waals surface area contributed by atoms with E-state index in [9.17, 15) is 14.9 Å². The lowest BCUT2D eigenvalue weighted by Crippen LogP contribution is -2.19. The van der Waals surface area contributed by atoms with Crippen LogP contribution >= 0.6 is 0 Å². The molecule has 0 atom stereocenters. The Morgan fingerprint density at radius 1 is 1.24 bits per heavy atom. The number of nitrogens with zero attached hydrogens (tertiary/aromatic N) is 3. The van der Waals surface area contributed by atoms with Gasteiger partial charge in [0.2, 0.25) is 5.91 Å². The SMILES string of the molecule is Cn1cc(/C=N\NC(=O)Cc2ccc([N+](=O)[O-])cc2)c2ccccc21. The minimum absolute atomic E-state index is 0.00173. The lowest BCUT2D eigenvalue weighted by Gasteiger charge is -2.00. The molecule has 1 heterocycles. The molecule has 3 rings (SSSR count). The summed E-state index contributed by atoms with van der Waals surface area (Å²) in [6, 6.07) is 13.8. The van der Waals surface area contributed by atoms with Crippen LogP contribution in [0.5, 0.6) is 0 Å². The molecular weight excluding hydrogens is 320 g/mol. The number of aromatic nitrogens is 1. The molecule has 0 radical (unpaired) electrons. The lowest BCUT2D eigenvalue weighted by molar-refractivity contribution is -0.384. The number of carbonyl (C=O) groups is 1. The van der Waals surface area contributed by atoms with Gasteiger partial charge in [-0.3, -0.25) is 14.9 Å². The van der Waals surface area contributed by atoms with E-state index in [0.29, 0.717) is 5.56 Å². The third-order valence-electron chi connectivity index (χ3n) is 3.83. The van der Waals surface area contributed by atoms with Gasteiger partial charge in [0.15, 0.2) is 0 Å². The molecule has 0 aliphatic carbocycles. The molecule has 0 bridgehead atoms. The minimum Gasteiger partial charge on any atom is -0.350 e. The van der Waals surface area contributed by atoms with Gasteiger partial charge in [0.05, 0.1) is 17.6 Å². The molecule has 2 aromatic carbocycles. The average molecular weight is 336 g/mol. The van der Waals surface area contributed by atoms with Gasteiger partial charge in [0.1, 0.15) is 0 Å². The molecule has 1 N–H and O–H groups in total. The molecule has 0 unspecified atom stereocenters. The zero-order chi connectivity index (χ0) is 17.8. The Hall–Kier alpha value is -3.48. The van der Waals surface area contributed by atoms with Crippen LogP contribution in [0.15, 0.2) is 59.8 Å². The number of nitro groups is 1. The number of nitrogens with one attached hydrogen (secondary N) is 1. The highest BCUT2D eigenvalue weighted by Crippen LogP contribution is 2.18. The zero-order valence-electron chi connectivity index (χ0n) is 13.5. The quantitative estimate of drug-likeness (QED) is 0.441. The number of nitro benzene ring substituents is 1. The monoisotopic (exact) mass is 336 g/mol. The molecule has 0 aliphatic rings. The number of hydrazone groups is 1. The number of fused-ring (bicyclic) bond motifs is 1. The van der Waals surface area contributed by atoms with Crippen molar-refractivity contribution < 1.29 is 9.72 Å². The first kappa shape index (κ1) is 16.4. The van der Waals surface area contributed by atoms with E-state index in [1.807, 2.05) is 42.1 Å². The van der Waals surface area contributed by atoms with Crippen molar-refractivity contribution in [2.75, 3.05) is 0 Å². The van der Waals surface area contributed by atoms with Gasteiger partial charge in [-0.25, -0.2) is 5.43 Å². The Bertz CT molecular complexity index is 958. The number of non-ortho nitro benzene ring substituents is 1. The largest absolute Gasteiger partial charge is 0.350 e. The summed E-state index contributed by atoms with van der Waals surface area (Å²) in [5, 5.41) is 15.7. The number of rotatable bonds is 5. The van der Waals surface area contributed by atoms with E-state index in [-0.39, 0.29) is 18.0 Å². The standard InChI is InChI=1S/C18H16N4O3/c1-21-12-14(16-4-2-3-5-17(16)21)11-19-20-18(23)10-13-6-8-15(9-7-13)22(24)25/h2-9,11-12H,10H2,1H3,(H,20,23)/b19-11-. The van der Waals surface area contributed by atoms with Gasteiger partial charge in [0, 0.05) is 41.8 Å². The van der Waals surface area contributed by atoms with Gasteiger partial charge in [-0.2, -0.15) is 5.10 Å². The predicted molar refractivity (Wildman–Crippen MR) is 95.5 cm³/mol. The first-order valence-corrected chi connectivity index (χ1v) is 7.64.